The van der Waals surface area contributed by atoms with Crippen LogP contribution in [0, 0.1) is 11.6 Å². The average molecular weight is 376 g/mol. The van der Waals surface area contributed by atoms with Crippen molar-refractivity contribution in [1.29, 1.82) is 0 Å². The van der Waals surface area contributed by atoms with Crippen LogP contribution >= 0.6 is 0 Å². The van der Waals surface area contributed by atoms with Gasteiger partial charge in [-0.15, -0.1) is 0 Å². The van der Waals surface area contributed by atoms with E-state index >= 15 is 0 Å². The summed E-state index contributed by atoms with van der Waals surface area (Å²) in [5, 5.41) is 3.65. The zero-order valence-corrected chi connectivity index (χ0v) is 15.5. The van der Waals surface area contributed by atoms with Crippen LogP contribution in [0.3, 0.4) is 0 Å². The van der Waals surface area contributed by atoms with Crippen LogP contribution < -0.4 is 5.32 Å². The van der Waals surface area contributed by atoms with E-state index < -0.39 is 0 Å². The topological polar surface area (TPSA) is 15.3 Å². The minimum Gasteiger partial charge on any atom is -0.307 e. The van der Waals surface area contributed by atoms with Crippen LogP contribution in [0.1, 0.15) is 17.0 Å². The van der Waals surface area contributed by atoms with Gasteiger partial charge in [0.05, 0.1) is 0 Å². The van der Waals surface area contributed by atoms with Crippen LogP contribution in [0.15, 0.2) is 72.8 Å². The Balaban J connectivity index is 1.26. The molecule has 0 spiro atoms. The van der Waals surface area contributed by atoms with Gasteiger partial charge in [0.25, 0.3) is 0 Å². The molecule has 3 aliphatic heterocycles. The third-order valence-corrected chi connectivity index (χ3v) is 5.97. The summed E-state index contributed by atoms with van der Waals surface area (Å²) in [6, 6.07) is 23.0. The molecule has 142 valence electrons. The molecule has 3 fully saturated rings. The average Bonchev–Trinajstić information content (AvgIpc) is 2.69. The molecule has 4 heteroatoms. The van der Waals surface area contributed by atoms with Gasteiger partial charge in [0.1, 0.15) is 11.6 Å². The molecular formula is C24H22F2N2. The third kappa shape index (κ3) is 3.34. The van der Waals surface area contributed by atoms with E-state index in [0.717, 1.165) is 36.3 Å². The Bertz CT molecular complexity index is 957. The van der Waals surface area contributed by atoms with Gasteiger partial charge in [-0.05, 0) is 46.5 Å². The summed E-state index contributed by atoms with van der Waals surface area (Å²) in [7, 11) is 0. The molecule has 3 aromatic carbocycles. The molecule has 2 nitrogen and oxygen atoms in total. The first-order valence-corrected chi connectivity index (χ1v) is 9.74. The molecule has 0 amide bonds. The third-order valence-electron chi connectivity index (χ3n) is 5.97. The number of hydrogen-bond donors (Lipinski definition) is 1. The highest BCUT2D eigenvalue weighted by molar-refractivity contribution is 5.63. The Morgan fingerprint density at radius 2 is 1.43 bits per heavy atom. The van der Waals surface area contributed by atoms with Crippen molar-refractivity contribution < 1.29 is 8.78 Å². The number of rotatable bonds is 4. The lowest BCUT2D eigenvalue weighted by Crippen LogP contribution is -2.71. The predicted octanol–water partition coefficient (Wildman–Crippen LogP) is 4.57. The standard InChI is InChI=1S/C24H22F2N2/c25-20-10-8-18(9-11-20)17-4-6-19(7-5-17)24-22-14-28(15-23(24)27-22)13-16-2-1-3-21(26)12-16/h1-12,22-24,27H,13-15H2/t22-,23+,24?. The van der Waals surface area contributed by atoms with Crippen LogP contribution in [0.5, 0.6) is 0 Å². The maximum Gasteiger partial charge on any atom is 0.123 e. The lowest BCUT2D eigenvalue weighted by Gasteiger charge is -2.55. The molecule has 0 saturated carbocycles. The molecular weight excluding hydrogens is 354 g/mol. The first-order valence-electron chi connectivity index (χ1n) is 9.74. The monoisotopic (exact) mass is 376 g/mol. The molecule has 3 heterocycles. The van der Waals surface area contributed by atoms with E-state index in [-0.39, 0.29) is 11.6 Å². The molecule has 1 N–H and O–H groups in total. The van der Waals surface area contributed by atoms with Gasteiger partial charge >= 0.3 is 0 Å². The van der Waals surface area contributed by atoms with Crippen molar-refractivity contribution in [3.8, 4) is 11.1 Å². The minimum absolute atomic E-state index is 0.170. The van der Waals surface area contributed by atoms with E-state index in [0.29, 0.717) is 18.0 Å². The fourth-order valence-electron chi connectivity index (χ4n) is 4.63. The van der Waals surface area contributed by atoms with Crippen molar-refractivity contribution in [3.63, 3.8) is 0 Å². The van der Waals surface area contributed by atoms with Crippen LogP contribution in [-0.4, -0.2) is 30.1 Å². The largest absolute Gasteiger partial charge is 0.307 e. The molecule has 3 aromatic rings. The first-order chi connectivity index (χ1) is 13.7. The second-order valence-corrected chi connectivity index (χ2v) is 7.86. The van der Waals surface area contributed by atoms with E-state index in [9.17, 15) is 8.78 Å². The Hall–Kier alpha value is -2.56. The number of piperazine rings is 1. The molecule has 3 aliphatic rings. The molecule has 2 bridgehead atoms. The SMILES string of the molecule is Fc1ccc(-c2ccc(C3[C@@H]4CN(Cc5cccc(F)c5)C[C@H]3N4)cc2)cc1. The number of fused-ring (bicyclic) bond motifs is 2. The zero-order valence-electron chi connectivity index (χ0n) is 15.5. The van der Waals surface area contributed by atoms with Crippen molar-refractivity contribution >= 4 is 0 Å². The molecule has 6 rings (SSSR count). The van der Waals surface area contributed by atoms with Crippen LogP contribution in [-0.2, 0) is 6.54 Å². The summed E-state index contributed by atoms with van der Waals surface area (Å²) < 4.78 is 26.5. The number of nitrogens with zero attached hydrogens (tertiary/aromatic N) is 1. The van der Waals surface area contributed by atoms with Gasteiger partial charge in [0.2, 0.25) is 0 Å². The summed E-state index contributed by atoms with van der Waals surface area (Å²) in [6.45, 7) is 2.73. The smallest absolute Gasteiger partial charge is 0.123 e. The zero-order chi connectivity index (χ0) is 19.1. The molecule has 1 unspecified atom stereocenters. The van der Waals surface area contributed by atoms with Gasteiger partial charge in [-0.3, -0.25) is 4.90 Å². The highest BCUT2D eigenvalue weighted by Crippen LogP contribution is 2.38. The highest BCUT2D eigenvalue weighted by Gasteiger charge is 2.46. The highest BCUT2D eigenvalue weighted by atomic mass is 19.1. The van der Waals surface area contributed by atoms with Gasteiger partial charge in [-0.1, -0.05) is 48.5 Å². The minimum atomic E-state index is -0.212. The van der Waals surface area contributed by atoms with Gasteiger partial charge in [-0.2, -0.15) is 0 Å². The number of halogens is 2. The normalized spacial score (nSPS) is 24.0. The Morgan fingerprint density at radius 3 is 2.07 bits per heavy atom. The Morgan fingerprint density at radius 1 is 0.786 bits per heavy atom. The summed E-state index contributed by atoms with van der Waals surface area (Å²) in [4.78, 5) is 2.41. The summed E-state index contributed by atoms with van der Waals surface area (Å²) >= 11 is 0. The quantitative estimate of drug-likeness (QED) is 0.718. The molecule has 3 atom stereocenters. The maximum absolute atomic E-state index is 13.4. The molecule has 0 radical (unpaired) electrons. The molecule has 3 saturated heterocycles. The number of nitrogens with one attached hydrogen (secondary N) is 1. The summed E-state index contributed by atoms with van der Waals surface area (Å²) in [5.74, 6) is 0.138. The van der Waals surface area contributed by atoms with E-state index in [1.807, 2.05) is 18.2 Å². The van der Waals surface area contributed by atoms with E-state index in [1.54, 1.807) is 12.1 Å². The van der Waals surface area contributed by atoms with Gasteiger partial charge in [0.15, 0.2) is 0 Å². The second-order valence-electron chi connectivity index (χ2n) is 7.86. The Labute approximate surface area is 163 Å². The molecule has 0 aliphatic carbocycles. The van der Waals surface area contributed by atoms with Crippen LogP contribution in [0.2, 0.25) is 0 Å². The summed E-state index contributed by atoms with van der Waals surface area (Å²) in [6.07, 6.45) is 0. The number of hydrogen-bond acceptors (Lipinski definition) is 2. The lowest BCUT2D eigenvalue weighted by atomic mass is 9.74. The fraction of sp³-hybridized carbons (Fsp3) is 0.250. The fourth-order valence-corrected chi connectivity index (χ4v) is 4.63. The molecule has 0 aromatic heterocycles. The van der Waals surface area contributed by atoms with Gasteiger partial charge < -0.3 is 5.32 Å². The molecule has 28 heavy (non-hydrogen) atoms. The van der Waals surface area contributed by atoms with Crippen molar-refractivity contribution in [2.24, 2.45) is 0 Å². The van der Waals surface area contributed by atoms with E-state index in [2.05, 4.69) is 34.5 Å². The number of piperidine rings is 1. The maximum atomic E-state index is 13.4. The van der Waals surface area contributed by atoms with Crippen molar-refractivity contribution in [3.05, 3.63) is 95.6 Å². The Kier molecular flexibility index (Phi) is 4.46. The van der Waals surface area contributed by atoms with Gasteiger partial charge in [0, 0.05) is 37.6 Å². The van der Waals surface area contributed by atoms with Crippen molar-refractivity contribution in [1.82, 2.24) is 10.2 Å². The summed E-state index contributed by atoms with van der Waals surface area (Å²) in [5.41, 5.74) is 4.52. The lowest BCUT2D eigenvalue weighted by molar-refractivity contribution is 0.0470. The number of benzene rings is 3. The predicted molar refractivity (Wildman–Crippen MR) is 107 cm³/mol. The second kappa shape index (κ2) is 7.12. The first kappa shape index (κ1) is 17.5. The van der Waals surface area contributed by atoms with Crippen LogP contribution in [0.4, 0.5) is 8.78 Å². The van der Waals surface area contributed by atoms with E-state index in [4.69, 9.17) is 0 Å². The van der Waals surface area contributed by atoms with Gasteiger partial charge in [-0.25, -0.2) is 8.78 Å². The van der Waals surface area contributed by atoms with Crippen LogP contribution in [0.25, 0.3) is 11.1 Å². The van der Waals surface area contributed by atoms with E-state index in [1.165, 1.54) is 23.8 Å². The van der Waals surface area contributed by atoms with Crippen molar-refractivity contribution in [2.45, 2.75) is 24.5 Å². The van der Waals surface area contributed by atoms with Crippen molar-refractivity contribution in [2.75, 3.05) is 13.1 Å².